The Labute approximate surface area is 103 Å². The van der Waals surface area contributed by atoms with Gasteiger partial charge in [0.1, 0.15) is 0 Å². The highest BCUT2D eigenvalue weighted by Crippen LogP contribution is 2.38. The zero-order chi connectivity index (χ0) is 12.0. The lowest BCUT2D eigenvalue weighted by atomic mass is 9.82. The van der Waals surface area contributed by atoms with Crippen molar-refractivity contribution < 1.29 is 4.57 Å². The molecular formula is C16H16N-. The molecule has 1 heteroatoms. The monoisotopic (exact) mass is 222 g/mol. The van der Waals surface area contributed by atoms with Crippen LogP contribution < -0.4 is 4.57 Å². The molecule has 3 rings (SSSR count). The maximum Gasteiger partial charge on any atom is 0.0955 e. The number of fused-ring (bicyclic) bond motifs is 3. The lowest BCUT2D eigenvalue weighted by Gasteiger charge is -2.39. The lowest BCUT2D eigenvalue weighted by molar-refractivity contribution is -0.654. The van der Waals surface area contributed by atoms with Gasteiger partial charge in [-0.3, -0.25) is 0 Å². The largest absolute Gasteiger partial charge is 0.302 e. The fourth-order valence-electron chi connectivity index (χ4n) is 2.64. The molecule has 0 spiro atoms. The lowest BCUT2D eigenvalue weighted by Crippen LogP contribution is -2.45. The van der Waals surface area contributed by atoms with Gasteiger partial charge in [0.2, 0.25) is 0 Å². The van der Waals surface area contributed by atoms with Crippen LogP contribution in [0.4, 0.5) is 0 Å². The smallest absolute Gasteiger partial charge is 0.0955 e. The molecule has 0 radical (unpaired) electrons. The Balaban J connectivity index is 2.35. The van der Waals surface area contributed by atoms with Crippen molar-refractivity contribution in [3.05, 3.63) is 71.4 Å². The topological polar surface area (TPSA) is 3.88 Å². The van der Waals surface area contributed by atoms with Gasteiger partial charge in [-0.15, -0.1) is 22.8 Å². The van der Waals surface area contributed by atoms with Crippen LogP contribution in [0.25, 0.3) is 5.57 Å². The summed E-state index contributed by atoms with van der Waals surface area (Å²) < 4.78 is 2.28. The Morgan fingerprint density at radius 1 is 1.24 bits per heavy atom. The quantitative estimate of drug-likeness (QED) is 0.468. The Kier molecular flexibility index (Phi) is 2.15. The van der Waals surface area contributed by atoms with Crippen molar-refractivity contribution in [1.82, 2.24) is 0 Å². The van der Waals surface area contributed by atoms with E-state index in [1.165, 1.54) is 34.0 Å². The zero-order valence-electron chi connectivity index (χ0n) is 10.5. The summed E-state index contributed by atoms with van der Waals surface area (Å²) in [5, 5.41) is 0. The molecule has 0 saturated heterocycles. The summed E-state index contributed by atoms with van der Waals surface area (Å²) in [6.45, 7) is 6.57. The number of rotatable bonds is 0. The first-order chi connectivity index (χ1) is 8.20. The molecule has 1 aliphatic carbocycles. The Bertz CT molecular complexity index is 573. The number of nitrogens with zero attached hydrogens (tertiary/aromatic N) is 1. The summed E-state index contributed by atoms with van der Waals surface area (Å²) in [6, 6.07) is 7.71. The first kappa shape index (κ1) is 10.3. The molecule has 0 unspecified atom stereocenters. The van der Waals surface area contributed by atoms with E-state index in [2.05, 4.69) is 68.3 Å². The van der Waals surface area contributed by atoms with Gasteiger partial charge >= 0.3 is 0 Å². The summed E-state index contributed by atoms with van der Waals surface area (Å²) in [4.78, 5) is 0. The third-order valence-electron chi connectivity index (χ3n) is 3.70. The number of allylic oxidation sites excluding steroid dienone is 6. The van der Waals surface area contributed by atoms with Gasteiger partial charge in [-0.25, -0.2) is 5.57 Å². The summed E-state index contributed by atoms with van der Waals surface area (Å²) in [7, 11) is 0. The van der Waals surface area contributed by atoms with Gasteiger partial charge in [-0.2, -0.15) is 12.5 Å². The van der Waals surface area contributed by atoms with Crippen molar-refractivity contribution in [3.63, 3.8) is 0 Å². The van der Waals surface area contributed by atoms with E-state index in [1.807, 2.05) is 0 Å². The van der Waals surface area contributed by atoms with Crippen LogP contribution in [0.1, 0.15) is 26.5 Å². The molecule has 0 atom stereocenters. The van der Waals surface area contributed by atoms with Gasteiger partial charge in [0.15, 0.2) is 0 Å². The van der Waals surface area contributed by atoms with Crippen molar-refractivity contribution in [2.24, 2.45) is 0 Å². The maximum absolute atomic E-state index is 2.28. The third-order valence-corrected chi connectivity index (χ3v) is 3.70. The van der Waals surface area contributed by atoms with Crippen LogP contribution in [0.3, 0.4) is 0 Å². The van der Waals surface area contributed by atoms with E-state index in [0.717, 1.165) is 0 Å². The zero-order valence-corrected chi connectivity index (χ0v) is 10.5. The van der Waals surface area contributed by atoms with E-state index in [-0.39, 0.29) is 0 Å². The third kappa shape index (κ3) is 1.35. The first-order valence-corrected chi connectivity index (χ1v) is 5.99. The highest BCUT2D eigenvalue weighted by molar-refractivity contribution is 5.86. The van der Waals surface area contributed by atoms with E-state index >= 15 is 0 Å². The fourth-order valence-corrected chi connectivity index (χ4v) is 2.64. The molecule has 0 saturated carbocycles. The SMILES string of the molecule is CC1=C2C(=C(C)[C-](C)[n+]3ccccc32)[CH-]C=C1. The van der Waals surface area contributed by atoms with E-state index in [0.29, 0.717) is 0 Å². The summed E-state index contributed by atoms with van der Waals surface area (Å²) in [6.07, 6.45) is 8.69. The normalized spacial score (nSPS) is 17.9. The summed E-state index contributed by atoms with van der Waals surface area (Å²) in [5.41, 5.74) is 6.75. The summed E-state index contributed by atoms with van der Waals surface area (Å²) in [5.74, 6) is 0. The minimum absolute atomic E-state index is 1.30. The second-order valence-corrected chi connectivity index (χ2v) is 4.66. The van der Waals surface area contributed by atoms with E-state index in [9.17, 15) is 0 Å². The molecule has 1 aliphatic heterocycles. The van der Waals surface area contributed by atoms with Crippen LogP contribution in [0.15, 0.2) is 53.3 Å². The van der Waals surface area contributed by atoms with Crippen LogP contribution in [-0.4, -0.2) is 0 Å². The molecule has 2 aliphatic rings. The van der Waals surface area contributed by atoms with Gasteiger partial charge in [0.05, 0.1) is 17.9 Å². The predicted molar refractivity (Wildman–Crippen MR) is 69.7 cm³/mol. The maximum atomic E-state index is 2.28. The second-order valence-electron chi connectivity index (χ2n) is 4.66. The van der Waals surface area contributed by atoms with Crippen LogP contribution in [0, 0.1) is 12.5 Å². The summed E-state index contributed by atoms with van der Waals surface area (Å²) >= 11 is 0. The molecule has 0 aromatic carbocycles. The van der Waals surface area contributed by atoms with Gasteiger partial charge in [-0.05, 0) is 19.1 Å². The molecule has 1 aromatic heterocycles. The van der Waals surface area contributed by atoms with Crippen LogP contribution >= 0.6 is 0 Å². The highest BCUT2D eigenvalue weighted by atomic mass is 15.0. The van der Waals surface area contributed by atoms with Crippen LogP contribution in [0.2, 0.25) is 0 Å². The minimum atomic E-state index is 1.30. The average Bonchev–Trinajstić information content (AvgIpc) is 2.36. The Hall–Kier alpha value is -1.89. The van der Waals surface area contributed by atoms with Gasteiger partial charge < -0.3 is 4.57 Å². The van der Waals surface area contributed by atoms with Crippen LogP contribution in [-0.2, 0) is 0 Å². The molecule has 86 valence electrons. The molecule has 0 amide bonds. The first-order valence-electron chi connectivity index (χ1n) is 5.99. The van der Waals surface area contributed by atoms with E-state index in [4.69, 9.17) is 0 Å². The van der Waals surface area contributed by atoms with Crippen LogP contribution in [0.5, 0.6) is 0 Å². The van der Waals surface area contributed by atoms with E-state index < -0.39 is 0 Å². The molecule has 2 heterocycles. The molecule has 1 nitrogen and oxygen atoms in total. The van der Waals surface area contributed by atoms with E-state index in [1.54, 1.807) is 0 Å². The number of hydrogen-bond acceptors (Lipinski definition) is 0. The second kappa shape index (κ2) is 3.56. The van der Waals surface area contributed by atoms with Crippen molar-refractivity contribution >= 4 is 5.57 Å². The van der Waals surface area contributed by atoms with Gasteiger partial charge in [-0.1, -0.05) is 19.9 Å². The molecular weight excluding hydrogens is 206 g/mol. The number of hydrogen-bond donors (Lipinski definition) is 0. The Morgan fingerprint density at radius 3 is 2.88 bits per heavy atom. The molecule has 0 fully saturated rings. The Morgan fingerprint density at radius 2 is 2.06 bits per heavy atom. The van der Waals surface area contributed by atoms with Crippen molar-refractivity contribution in [2.75, 3.05) is 0 Å². The van der Waals surface area contributed by atoms with Crippen molar-refractivity contribution in [3.8, 4) is 0 Å². The van der Waals surface area contributed by atoms with Crippen molar-refractivity contribution in [2.45, 2.75) is 20.8 Å². The highest BCUT2D eigenvalue weighted by Gasteiger charge is 2.20. The van der Waals surface area contributed by atoms with Gasteiger partial charge in [0, 0.05) is 0 Å². The number of aromatic nitrogens is 1. The fraction of sp³-hybridized carbons (Fsp3) is 0.188. The molecule has 17 heavy (non-hydrogen) atoms. The standard InChI is InChI=1S/C16H16N/c1-11-7-6-8-14-12(2)13(3)17-10-5-4-9-15(17)16(11)14/h4-10H,1-3H3/q-1. The average molecular weight is 222 g/mol. The van der Waals surface area contributed by atoms with Crippen molar-refractivity contribution in [1.29, 1.82) is 0 Å². The van der Waals surface area contributed by atoms with Gasteiger partial charge in [0.25, 0.3) is 0 Å². The molecule has 0 bridgehead atoms. The molecule has 1 aromatic rings. The predicted octanol–water partition coefficient (Wildman–Crippen LogP) is 3.25. The molecule has 0 N–H and O–H groups in total. The number of pyridine rings is 1. The minimum Gasteiger partial charge on any atom is -0.302 e.